The van der Waals surface area contributed by atoms with Crippen molar-refractivity contribution >= 4 is 35.6 Å². The molecule has 0 aliphatic carbocycles. The van der Waals surface area contributed by atoms with E-state index < -0.39 is 0 Å². The van der Waals surface area contributed by atoms with Crippen molar-refractivity contribution in [3.05, 3.63) is 64.1 Å². The standard InChI is InChI=1S/C16H20N4O.HI/c1-3-20-9-5-7-13(15(20)21)11-18-16(17)19-14-8-4-6-12(2)10-14;/h4-10H,3,11H2,1-2H3,(H3,17,18,19);1H. The summed E-state index contributed by atoms with van der Waals surface area (Å²) in [7, 11) is 0. The molecule has 0 unspecified atom stereocenters. The number of pyridine rings is 1. The van der Waals surface area contributed by atoms with Gasteiger partial charge in [-0.05, 0) is 37.6 Å². The Morgan fingerprint density at radius 2 is 2.09 bits per heavy atom. The van der Waals surface area contributed by atoms with Crippen LogP contribution in [0.15, 0.2) is 52.4 Å². The maximum Gasteiger partial charge on any atom is 0.255 e. The molecular formula is C16H21IN4O. The zero-order valence-corrected chi connectivity index (χ0v) is 15.1. The molecule has 1 heterocycles. The molecule has 0 radical (unpaired) electrons. The molecule has 22 heavy (non-hydrogen) atoms. The van der Waals surface area contributed by atoms with Crippen molar-refractivity contribution in [1.29, 1.82) is 0 Å². The summed E-state index contributed by atoms with van der Waals surface area (Å²) >= 11 is 0. The van der Waals surface area contributed by atoms with Crippen LogP contribution < -0.4 is 16.6 Å². The summed E-state index contributed by atoms with van der Waals surface area (Å²) < 4.78 is 1.65. The zero-order chi connectivity index (χ0) is 15.2. The van der Waals surface area contributed by atoms with Crippen molar-refractivity contribution in [3.63, 3.8) is 0 Å². The number of aromatic nitrogens is 1. The third-order valence-corrected chi connectivity index (χ3v) is 3.15. The number of rotatable bonds is 4. The molecule has 0 spiro atoms. The number of aryl methyl sites for hydroxylation is 2. The molecule has 2 aromatic rings. The maximum absolute atomic E-state index is 12.0. The summed E-state index contributed by atoms with van der Waals surface area (Å²) in [6.07, 6.45) is 1.77. The first-order chi connectivity index (χ1) is 10.1. The van der Waals surface area contributed by atoms with Crippen LogP contribution in [-0.2, 0) is 13.1 Å². The lowest BCUT2D eigenvalue weighted by Crippen LogP contribution is -2.25. The van der Waals surface area contributed by atoms with Crippen LogP contribution in [0.4, 0.5) is 5.69 Å². The number of hydrogen-bond acceptors (Lipinski definition) is 2. The van der Waals surface area contributed by atoms with E-state index in [0.29, 0.717) is 18.1 Å². The third-order valence-electron chi connectivity index (χ3n) is 3.15. The highest BCUT2D eigenvalue weighted by atomic mass is 127. The van der Waals surface area contributed by atoms with E-state index in [2.05, 4.69) is 10.3 Å². The topological polar surface area (TPSA) is 72.4 Å². The molecule has 5 nitrogen and oxygen atoms in total. The summed E-state index contributed by atoms with van der Waals surface area (Å²) in [5, 5.41) is 3.02. The Morgan fingerprint density at radius 3 is 2.77 bits per heavy atom. The molecule has 1 aromatic heterocycles. The van der Waals surface area contributed by atoms with E-state index >= 15 is 0 Å². The molecule has 6 heteroatoms. The largest absolute Gasteiger partial charge is 0.370 e. The number of guanidine groups is 1. The Balaban J connectivity index is 0.00000242. The van der Waals surface area contributed by atoms with E-state index in [1.54, 1.807) is 16.8 Å². The first-order valence-electron chi connectivity index (χ1n) is 6.92. The molecule has 0 fully saturated rings. The molecule has 0 bridgehead atoms. The van der Waals surface area contributed by atoms with Crippen LogP contribution in [0, 0.1) is 6.92 Å². The van der Waals surface area contributed by atoms with Crippen LogP contribution in [-0.4, -0.2) is 10.5 Å². The average molecular weight is 412 g/mol. The third kappa shape index (κ3) is 4.87. The smallest absolute Gasteiger partial charge is 0.255 e. The van der Waals surface area contributed by atoms with Crippen LogP contribution in [0.2, 0.25) is 0 Å². The number of benzene rings is 1. The van der Waals surface area contributed by atoms with Gasteiger partial charge in [0.25, 0.3) is 5.56 Å². The number of halogens is 1. The molecule has 0 amide bonds. The van der Waals surface area contributed by atoms with Gasteiger partial charge in [-0.25, -0.2) is 4.99 Å². The van der Waals surface area contributed by atoms with Crippen LogP contribution in [0.1, 0.15) is 18.1 Å². The first kappa shape index (κ1) is 18.2. The summed E-state index contributed by atoms with van der Waals surface area (Å²) in [5.74, 6) is 0.298. The van der Waals surface area contributed by atoms with E-state index in [-0.39, 0.29) is 36.1 Å². The van der Waals surface area contributed by atoms with Gasteiger partial charge in [0.1, 0.15) is 0 Å². The van der Waals surface area contributed by atoms with Gasteiger partial charge in [-0.3, -0.25) is 4.79 Å². The molecule has 3 N–H and O–H groups in total. The van der Waals surface area contributed by atoms with Crippen molar-refractivity contribution in [2.24, 2.45) is 10.7 Å². The van der Waals surface area contributed by atoms with E-state index in [1.807, 2.05) is 44.2 Å². The highest BCUT2D eigenvalue weighted by Crippen LogP contribution is 2.08. The number of nitrogens with two attached hydrogens (primary N) is 1. The van der Waals surface area contributed by atoms with E-state index in [9.17, 15) is 4.79 Å². The Labute approximate surface area is 147 Å². The number of hydrogen-bond donors (Lipinski definition) is 2. The highest BCUT2D eigenvalue weighted by molar-refractivity contribution is 14.0. The summed E-state index contributed by atoms with van der Waals surface area (Å²) in [6, 6.07) is 11.5. The normalized spacial score (nSPS) is 10.9. The second-order valence-electron chi connectivity index (χ2n) is 4.82. The van der Waals surface area contributed by atoms with Gasteiger partial charge in [0, 0.05) is 24.0 Å². The summed E-state index contributed by atoms with van der Waals surface area (Å²) in [5.41, 5.74) is 8.49. The molecule has 0 atom stereocenters. The van der Waals surface area contributed by atoms with Crippen molar-refractivity contribution in [3.8, 4) is 0 Å². The monoisotopic (exact) mass is 412 g/mol. The highest BCUT2D eigenvalue weighted by Gasteiger charge is 2.02. The molecule has 118 valence electrons. The van der Waals surface area contributed by atoms with Gasteiger partial charge in [-0.2, -0.15) is 0 Å². The second kappa shape index (κ2) is 8.57. The lowest BCUT2D eigenvalue weighted by molar-refractivity contribution is 0.714. The van der Waals surface area contributed by atoms with E-state index in [1.165, 1.54) is 0 Å². The van der Waals surface area contributed by atoms with Gasteiger partial charge in [-0.15, -0.1) is 24.0 Å². The molecule has 1 aromatic carbocycles. The zero-order valence-electron chi connectivity index (χ0n) is 12.7. The van der Waals surface area contributed by atoms with Gasteiger partial charge in [0.05, 0.1) is 6.54 Å². The molecular weight excluding hydrogens is 391 g/mol. The van der Waals surface area contributed by atoms with Crippen molar-refractivity contribution in [2.75, 3.05) is 5.32 Å². The minimum atomic E-state index is -0.0212. The number of nitrogens with zero attached hydrogens (tertiary/aromatic N) is 2. The Kier molecular flexibility index (Phi) is 7.10. The fourth-order valence-electron chi connectivity index (χ4n) is 2.04. The fourth-order valence-corrected chi connectivity index (χ4v) is 2.04. The predicted molar refractivity (Wildman–Crippen MR) is 102 cm³/mol. The van der Waals surface area contributed by atoms with Crippen LogP contribution in [0.25, 0.3) is 0 Å². The fraction of sp³-hybridized carbons (Fsp3) is 0.250. The minimum absolute atomic E-state index is 0. The van der Waals surface area contributed by atoms with Crippen molar-refractivity contribution < 1.29 is 0 Å². The number of nitrogens with one attached hydrogen (secondary N) is 1. The maximum atomic E-state index is 12.0. The van der Waals surface area contributed by atoms with Gasteiger partial charge in [-0.1, -0.05) is 18.2 Å². The molecule has 0 aliphatic rings. The van der Waals surface area contributed by atoms with Crippen molar-refractivity contribution in [2.45, 2.75) is 26.9 Å². The second-order valence-corrected chi connectivity index (χ2v) is 4.82. The van der Waals surface area contributed by atoms with Gasteiger partial charge >= 0.3 is 0 Å². The average Bonchev–Trinajstić information content (AvgIpc) is 2.46. The summed E-state index contributed by atoms with van der Waals surface area (Å²) in [4.78, 5) is 16.3. The SMILES string of the molecule is CCn1cccc(CN=C(N)Nc2cccc(C)c2)c1=O.I. The van der Waals surface area contributed by atoms with Gasteiger partial charge in [0.2, 0.25) is 0 Å². The Morgan fingerprint density at radius 1 is 1.32 bits per heavy atom. The molecule has 0 aliphatic heterocycles. The Hall–Kier alpha value is -1.83. The Bertz CT molecular complexity index is 709. The van der Waals surface area contributed by atoms with Crippen LogP contribution in [0.3, 0.4) is 0 Å². The number of anilines is 1. The molecule has 0 saturated carbocycles. The number of aliphatic imine (C=N–C) groups is 1. The molecule has 0 saturated heterocycles. The van der Waals surface area contributed by atoms with E-state index in [4.69, 9.17) is 5.73 Å². The summed E-state index contributed by atoms with van der Waals surface area (Å²) in [6.45, 7) is 4.86. The quantitative estimate of drug-likeness (QED) is 0.461. The van der Waals surface area contributed by atoms with Crippen LogP contribution in [0.5, 0.6) is 0 Å². The minimum Gasteiger partial charge on any atom is -0.370 e. The molecule has 2 rings (SSSR count). The van der Waals surface area contributed by atoms with Gasteiger partial charge < -0.3 is 15.6 Å². The lowest BCUT2D eigenvalue weighted by Gasteiger charge is -2.07. The van der Waals surface area contributed by atoms with Gasteiger partial charge in [0.15, 0.2) is 5.96 Å². The van der Waals surface area contributed by atoms with E-state index in [0.717, 1.165) is 11.3 Å². The van der Waals surface area contributed by atoms with Crippen molar-refractivity contribution in [1.82, 2.24) is 4.57 Å². The lowest BCUT2D eigenvalue weighted by atomic mass is 10.2. The first-order valence-corrected chi connectivity index (χ1v) is 6.92. The van der Waals surface area contributed by atoms with Crippen LogP contribution >= 0.6 is 24.0 Å². The predicted octanol–water partition coefficient (Wildman–Crippen LogP) is 2.72.